The van der Waals surface area contributed by atoms with Crippen molar-refractivity contribution in [3.63, 3.8) is 0 Å². The van der Waals surface area contributed by atoms with Gasteiger partial charge in [0.25, 0.3) is 0 Å². The Morgan fingerprint density at radius 3 is 2.63 bits per heavy atom. The quantitative estimate of drug-likeness (QED) is 0.868. The molecule has 1 aromatic carbocycles. The first kappa shape index (κ1) is 14.2. The summed E-state index contributed by atoms with van der Waals surface area (Å²) in [5, 5.41) is 8.81. The van der Waals surface area contributed by atoms with E-state index in [1.54, 1.807) is 0 Å². The SMILES string of the molecule is O=C(O)CC1(NS(=O)(=O)c2cc(Cl)ccc2F)CC1. The highest BCUT2D eigenvalue weighted by Gasteiger charge is 2.48. The molecule has 1 aliphatic carbocycles. The van der Waals surface area contributed by atoms with E-state index in [2.05, 4.69) is 4.72 Å². The Kier molecular flexibility index (Phi) is 3.55. The highest BCUT2D eigenvalue weighted by atomic mass is 35.5. The summed E-state index contributed by atoms with van der Waals surface area (Å²) < 4.78 is 39.9. The van der Waals surface area contributed by atoms with Crippen LogP contribution in [0.3, 0.4) is 0 Å². The molecule has 1 aromatic rings. The summed E-state index contributed by atoms with van der Waals surface area (Å²) in [7, 11) is -4.13. The topological polar surface area (TPSA) is 83.5 Å². The second-order valence-electron chi connectivity index (χ2n) is 4.53. The van der Waals surface area contributed by atoms with E-state index in [0.717, 1.165) is 12.1 Å². The van der Waals surface area contributed by atoms with Crippen LogP contribution in [0.2, 0.25) is 5.02 Å². The highest BCUT2D eigenvalue weighted by Crippen LogP contribution is 2.40. The predicted octanol–water partition coefficient (Wildman–Crippen LogP) is 1.76. The molecule has 104 valence electrons. The minimum atomic E-state index is -4.13. The first-order chi connectivity index (χ1) is 8.74. The van der Waals surface area contributed by atoms with Gasteiger partial charge in [0.2, 0.25) is 10.0 Å². The molecule has 0 saturated heterocycles. The fourth-order valence-corrected chi connectivity index (χ4v) is 3.58. The summed E-state index contributed by atoms with van der Waals surface area (Å²) in [6.45, 7) is 0. The lowest BCUT2D eigenvalue weighted by Crippen LogP contribution is -2.38. The molecule has 0 aromatic heterocycles. The van der Waals surface area contributed by atoms with Crippen molar-refractivity contribution in [3.8, 4) is 0 Å². The van der Waals surface area contributed by atoms with Crippen molar-refractivity contribution in [1.29, 1.82) is 0 Å². The Morgan fingerprint density at radius 1 is 1.47 bits per heavy atom. The van der Waals surface area contributed by atoms with E-state index in [1.807, 2.05) is 0 Å². The van der Waals surface area contributed by atoms with Crippen LogP contribution >= 0.6 is 11.6 Å². The first-order valence-corrected chi connectivity index (χ1v) is 7.31. The van der Waals surface area contributed by atoms with Gasteiger partial charge < -0.3 is 5.11 Å². The molecule has 2 rings (SSSR count). The number of sulfonamides is 1. The molecule has 1 aliphatic rings. The molecule has 1 saturated carbocycles. The summed E-state index contributed by atoms with van der Waals surface area (Å²) >= 11 is 5.64. The number of rotatable bonds is 5. The number of carbonyl (C=O) groups is 1. The van der Waals surface area contributed by atoms with Crippen LogP contribution in [0.15, 0.2) is 23.1 Å². The van der Waals surface area contributed by atoms with Crippen molar-refractivity contribution in [2.75, 3.05) is 0 Å². The van der Waals surface area contributed by atoms with Crippen LogP contribution in [-0.4, -0.2) is 25.0 Å². The van der Waals surface area contributed by atoms with E-state index < -0.39 is 32.2 Å². The van der Waals surface area contributed by atoms with E-state index in [0.29, 0.717) is 12.8 Å². The van der Waals surface area contributed by atoms with Gasteiger partial charge in [-0.25, -0.2) is 17.5 Å². The van der Waals surface area contributed by atoms with Gasteiger partial charge in [-0.3, -0.25) is 4.79 Å². The van der Waals surface area contributed by atoms with E-state index in [9.17, 15) is 17.6 Å². The zero-order valence-corrected chi connectivity index (χ0v) is 11.3. The predicted molar refractivity (Wildman–Crippen MR) is 65.9 cm³/mol. The maximum atomic E-state index is 13.5. The number of nitrogens with one attached hydrogen (secondary N) is 1. The van der Waals surface area contributed by atoms with Crippen LogP contribution in [0.25, 0.3) is 0 Å². The first-order valence-electron chi connectivity index (χ1n) is 5.45. The molecule has 2 N–H and O–H groups in total. The van der Waals surface area contributed by atoms with Crippen molar-refractivity contribution < 1.29 is 22.7 Å². The summed E-state index contributed by atoms with van der Waals surface area (Å²) in [5.41, 5.74) is -1.00. The van der Waals surface area contributed by atoms with Crippen molar-refractivity contribution in [2.24, 2.45) is 0 Å². The maximum absolute atomic E-state index is 13.5. The fraction of sp³-hybridized carbons (Fsp3) is 0.364. The number of halogens is 2. The minimum absolute atomic E-state index is 0.0878. The third-order valence-electron chi connectivity index (χ3n) is 2.88. The molecule has 0 spiro atoms. The molecule has 0 atom stereocenters. The van der Waals surface area contributed by atoms with E-state index in [1.165, 1.54) is 6.07 Å². The van der Waals surface area contributed by atoms with Gasteiger partial charge in [0.1, 0.15) is 10.7 Å². The van der Waals surface area contributed by atoms with E-state index in [4.69, 9.17) is 16.7 Å². The summed E-state index contributed by atoms with van der Waals surface area (Å²) in [5.74, 6) is -2.03. The number of carboxylic acid groups (broad SMARTS) is 1. The molecule has 0 bridgehead atoms. The molecule has 0 unspecified atom stereocenters. The van der Waals surface area contributed by atoms with Crippen LogP contribution < -0.4 is 4.72 Å². The lowest BCUT2D eigenvalue weighted by Gasteiger charge is -2.15. The monoisotopic (exact) mass is 307 g/mol. The molecule has 0 radical (unpaired) electrons. The summed E-state index contributed by atoms with van der Waals surface area (Å²) in [6, 6.07) is 3.18. The van der Waals surface area contributed by atoms with E-state index in [-0.39, 0.29) is 11.4 Å². The molecule has 1 fully saturated rings. The van der Waals surface area contributed by atoms with Gasteiger partial charge in [-0.15, -0.1) is 0 Å². The Labute approximate surface area is 114 Å². The van der Waals surface area contributed by atoms with Gasteiger partial charge in [0.05, 0.1) is 6.42 Å². The van der Waals surface area contributed by atoms with Gasteiger partial charge in [-0.2, -0.15) is 0 Å². The average molecular weight is 308 g/mol. The number of hydrogen-bond donors (Lipinski definition) is 2. The number of hydrogen-bond acceptors (Lipinski definition) is 3. The van der Waals surface area contributed by atoms with E-state index >= 15 is 0 Å². The van der Waals surface area contributed by atoms with Gasteiger partial charge in [0, 0.05) is 10.6 Å². The lowest BCUT2D eigenvalue weighted by molar-refractivity contribution is -0.137. The standard InChI is InChI=1S/C11H11ClFNO4S/c12-7-1-2-8(13)9(5-7)19(17,18)14-11(3-4-11)6-10(15)16/h1-2,5,14H,3-4,6H2,(H,15,16). The van der Waals surface area contributed by atoms with Gasteiger partial charge >= 0.3 is 5.97 Å². The smallest absolute Gasteiger partial charge is 0.305 e. The number of carboxylic acids is 1. The maximum Gasteiger partial charge on any atom is 0.305 e. The Balaban J connectivity index is 2.28. The summed E-state index contributed by atoms with van der Waals surface area (Å²) in [6.07, 6.45) is 0.510. The Bertz CT molecular complexity index is 628. The van der Waals surface area contributed by atoms with Crippen molar-refractivity contribution >= 4 is 27.6 Å². The van der Waals surface area contributed by atoms with Crippen molar-refractivity contribution in [3.05, 3.63) is 29.0 Å². The van der Waals surface area contributed by atoms with Crippen molar-refractivity contribution in [2.45, 2.75) is 29.7 Å². The third kappa shape index (κ3) is 3.23. The molecule has 0 amide bonds. The van der Waals surface area contributed by atoms with Crippen LogP contribution in [0.4, 0.5) is 4.39 Å². The van der Waals surface area contributed by atoms with Crippen LogP contribution in [-0.2, 0) is 14.8 Å². The Hall–Kier alpha value is -1.18. The van der Waals surface area contributed by atoms with Gasteiger partial charge in [-0.05, 0) is 31.0 Å². The normalized spacial score (nSPS) is 17.2. The largest absolute Gasteiger partial charge is 0.481 e. The fourth-order valence-electron chi connectivity index (χ4n) is 1.78. The second-order valence-corrected chi connectivity index (χ2v) is 6.62. The molecule has 0 aliphatic heterocycles. The molecular formula is C11H11ClFNO4S. The van der Waals surface area contributed by atoms with Crippen LogP contribution in [0, 0.1) is 5.82 Å². The molecule has 5 nitrogen and oxygen atoms in total. The molecule has 19 heavy (non-hydrogen) atoms. The highest BCUT2D eigenvalue weighted by molar-refractivity contribution is 7.89. The zero-order valence-electron chi connectivity index (χ0n) is 9.69. The van der Waals surface area contributed by atoms with Crippen molar-refractivity contribution in [1.82, 2.24) is 4.72 Å². The minimum Gasteiger partial charge on any atom is -0.481 e. The Morgan fingerprint density at radius 2 is 2.11 bits per heavy atom. The zero-order chi connectivity index (χ0) is 14.3. The van der Waals surface area contributed by atoms with Gasteiger partial charge in [-0.1, -0.05) is 11.6 Å². The van der Waals surface area contributed by atoms with Gasteiger partial charge in [0.15, 0.2) is 0 Å². The average Bonchev–Trinajstić information content (AvgIpc) is 2.99. The number of aliphatic carboxylic acids is 1. The summed E-state index contributed by atoms with van der Waals surface area (Å²) in [4.78, 5) is 10.1. The third-order valence-corrected chi connectivity index (χ3v) is 4.71. The van der Waals surface area contributed by atoms with Crippen LogP contribution in [0.1, 0.15) is 19.3 Å². The molecule has 0 heterocycles. The number of benzene rings is 1. The molecule has 8 heteroatoms. The molecular weight excluding hydrogens is 297 g/mol. The van der Waals surface area contributed by atoms with Crippen LogP contribution in [0.5, 0.6) is 0 Å². The lowest BCUT2D eigenvalue weighted by atomic mass is 10.2. The second kappa shape index (κ2) is 4.73.